The number of nitrogens with zero attached hydrogens (tertiary/aromatic N) is 1. The van der Waals surface area contributed by atoms with Gasteiger partial charge in [0, 0.05) is 5.56 Å². The van der Waals surface area contributed by atoms with Gasteiger partial charge in [-0.3, -0.25) is 0 Å². The molecule has 0 atom stereocenters. The number of aryl methyl sites for hydroxylation is 1. The fourth-order valence-corrected chi connectivity index (χ4v) is 1.69. The van der Waals surface area contributed by atoms with Gasteiger partial charge < -0.3 is 14.3 Å². The molecule has 1 aromatic carbocycles. The van der Waals surface area contributed by atoms with Gasteiger partial charge in [0.2, 0.25) is 11.7 Å². The first-order chi connectivity index (χ1) is 9.51. The van der Waals surface area contributed by atoms with Crippen LogP contribution in [0.3, 0.4) is 0 Å². The molecule has 2 rings (SSSR count). The summed E-state index contributed by atoms with van der Waals surface area (Å²) in [4.78, 5) is 15.0. The summed E-state index contributed by atoms with van der Waals surface area (Å²) in [7, 11) is 0. The predicted octanol–water partition coefficient (Wildman–Crippen LogP) is 3.20. The summed E-state index contributed by atoms with van der Waals surface area (Å²) in [5.41, 5.74) is 0.665. The number of carboxylic acids is 1. The van der Waals surface area contributed by atoms with Crippen molar-refractivity contribution in [1.29, 1.82) is 0 Å². The summed E-state index contributed by atoms with van der Waals surface area (Å²) in [6.45, 7) is -1.19. The van der Waals surface area contributed by atoms with Gasteiger partial charge in [-0.2, -0.15) is 8.78 Å². The Morgan fingerprint density at radius 1 is 1.50 bits per heavy atom. The number of halogens is 2. The van der Waals surface area contributed by atoms with E-state index in [2.05, 4.69) is 9.72 Å². The third-order valence-corrected chi connectivity index (χ3v) is 2.53. The molecule has 106 valence electrons. The third kappa shape index (κ3) is 2.93. The quantitative estimate of drug-likeness (QED) is 0.912. The molecule has 1 N–H and O–H groups in total. The van der Waals surface area contributed by atoms with Crippen molar-refractivity contribution in [2.75, 3.05) is 0 Å². The molecular weight excluding hydrogens is 272 g/mol. The first-order valence-electron chi connectivity index (χ1n) is 5.79. The lowest BCUT2D eigenvalue weighted by molar-refractivity contribution is -0.0498. The molecule has 0 saturated heterocycles. The largest absolute Gasteiger partial charge is 0.475 e. The molecule has 0 aliphatic rings. The van der Waals surface area contributed by atoms with E-state index in [1.54, 1.807) is 13.0 Å². The second-order valence-electron chi connectivity index (χ2n) is 3.86. The number of aromatic nitrogens is 1. The lowest BCUT2D eigenvalue weighted by atomic mass is 10.2. The van der Waals surface area contributed by atoms with Gasteiger partial charge in [0.05, 0.1) is 5.69 Å². The molecular formula is C13H11F2NO4. The Labute approximate surface area is 112 Å². The lowest BCUT2D eigenvalue weighted by Crippen LogP contribution is -2.01. The van der Waals surface area contributed by atoms with Crippen molar-refractivity contribution in [2.45, 2.75) is 20.0 Å². The van der Waals surface area contributed by atoms with Gasteiger partial charge in [-0.15, -0.1) is 0 Å². The molecule has 1 aromatic heterocycles. The fourth-order valence-electron chi connectivity index (χ4n) is 1.69. The average molecular weight is 283 g/mol. The highest BCUT2D eigenvalue weighted by Crippen LogP contribution is 2.26. The minimum absolute atomic E-state index is 0.0503. The van der Waals surface area contributed by atoms with Gasteiger partial charge in [0.25, 0.3) is 0 Å². The second kappa shape index (κ2) is 5.68. The highest BCUT2D eigenvalue weighted by Gasteiger charge is 2.19. The molecule has 0 radical (unpaired) electrons. The Morgan fingerprint density at radius 2 is 2.25 bits per heavy atom. The van der Waals surface area contributed by atoms with Crippen LogP contribution in [0.2, 0.25) is 0 Å². The summed E-state index contributed by atoms with van der Waals surface area (Å²) in [6.07, 6.45) is 0.387. The Hall–Kier alpha value is -2.44. The molecule has 20 heavy (non-hydrogen) atoms. The van der Waals surface area contributed by atoms with Crippen LogP contribution in [0, 0.1) is 0 Å². The number of aromatic carboxylic acids is 1. The van der Waals surface area contributed by atoms with Gasteiger partial charge in [-0.1, -0.05) is 13.0 Å². The van der Waals surface area contributed by atoms with Crippen LogP contribution in [0.15, 0.2) is 28.7 Å². The number of rotatable bonds is 5. The number of hydrogen-bond donors (Lipinski definition) is 1. The predicted molar refractivity (Wildman–Crippen MR) is 64.9 cm³/mol. The van der Waals surface area contributed by atoms with Crippen molar-refractivity contribution in [3.63, 3.8) is 0 Å². The van der Waals surface area contributed by atoms with Crippen molar-refractivity contribution in [1.82, 2.24) is 4.98 Å². The summed E-state index contributed by atoms with van der Waals surface area (Å²) in [5, 5.41) is 8.97. The maximum atomic E-state index is 12.1. The maximum Gasteiger partial charge on any atom is 0.387 e. The van der Waals surface area contributed by atoms with Crippen LogP contribution < -0.4 is 4.74 Å². The van der Waals surface area contributed by atoms with Crippen molar-refractivity contribution >= 4 is 5.97 Å². The number of ether oxygens (including phenoxy) is 1. The monoisotopic (exact) mass is 283 g/mol. The third-order valence-electron chi connectivity index (χ3n) is 2.53. The minimum Gasteiger partial charge on any atom is -0.475 e. The number of hydrogen-bond acceptors (Lipinski definition) is 4. The molecule has 0 aliphatic carbocycles. The lowest BCUT2D eigenvalue weighted by Gasteiger charge is -2.04. The first kappa shape index (κ1) is 14.0. The van der Waals surface area contributed by atoms with Gasteiger partial charge in [-0.05, 0) is 24.6 Å². The second-order valence-corrected chi connectivity index (χ2v) is 3.86. The molecule has 0 bridgehead atoms. The van der Waals surface area contributed by atoms with Crippen LogP contribution in [0.25, 0.3) is 11.5 Å². The molecule has 0 spiro atoms. The Kier molecular flexibility index (Phi) is 3.97. The maximum absolute atomic E-state index is 12.1. The molecule has 2 aromatic rings. The van der Waals surface area contributed by atoms with E-state index in [1.165, 1.54) is 18.2 Å². The zero-order chi connectivity index (χ0) is 14.7. The van der Waals surface area contributed by atoms with Gasteiger partial charge >= 0.3 is 12.6 Å². The van der Waals surface area contributed by atoms with Crippen molar-refractivity contribution in [2.24, 2.45) is 0 Å². The van der Waals surface area contributed by atoms with Gasteiger partial charge in [0.15, 0.2) is 0 Å². The average Bonchev–Trinajstić information content (AvgIpc) is 2.82. The fraction of sp³-hybridized carbons (Fsp3) is 0.231. The van der Waals surface area contributed by atoms with Crippen molar-refractivity contribution in [3.05, 3.63) is 35.7 Å². The number of carboxylic acid groups (broad SMARTS) is 1. The summed E-state index contributed by atoms with van der Waals surface area (Å²) in [6, 6.07) is 5.72. The zero-order valence-electron chi connectivity index (χ0n) is 10.5. The van der Waals surface area contributed by atoms with Crippen molar-refractivity contribution in [3.8, 4) is 17.2 Å². The molecule has 7 heteroatoms. The van der Waals surface area contributed by atoms with E-state index in [4.69, 9.17) is 9.52 Å². The number of oxazole rings is 1. The normalized spacial score (nSPS) is 10.8. The summed E-state index contributed by atoms with van der Waals surface area (Å²) >= 11 is 0. The van der Waals surface area contributed by atoms with E-state index < -0.39 is 12.6 Å². The Balaban J connectivity index is 2.38. The van der Waals surface area contributed by atoms with Crippen LogP contribution in [0.4, 0.5) is 8.78 Å². The SMILES string of the molecule is CCc1nc(-c2cccc(OC(F)F)c2)oc1C(=O)O. The summed E-state index contributed by atoms with van der Waals surface area (Å²) < 4.78 is 33.7. The van der Waals surface area contributed by atoms with Crippen LogP contribution in [0.1, 0.15) is 23.2 Å². The van der Waals surface area contributed by atoms with E-state index in [1.807, 2.05) is 0 Å². The van der Waals surface area contributed by atoms with E-state index in [0.717, 1.165) is 0 Å². The smallest absolute Gasteiger partial charge is 0.387 e. The Morgan fingerprint density at radius 3 is 2.80 bits per heavy atom. The van der Waals surface area contributed by atoms with Crippen LogP contribution in [0.5, 0.6) is 5.75 Å². The van der Waals surface area contributed by atoms with Crippen molar-refractivity contribution < 1.29 is 27.8 Å². The molecule has 0 fully saturated rings. The highest BCUT2D eigenvalue weighted by atomic mass is 19.3. The molecule has 0 saturated carbocycles. The highest BCUT2D eigenvalue weighted by molar-refractivity contribution is 5.86. The van der Waals surface area contributed by atoms with E-state index in [-0.39, 0.29) is 17.4 Å². The van der Waals surface area contributed by atoms with Crippen LogP contribution in [-0.2, 0) is 6.42 Å². The summed E-state index contributed by atoms with van der Waals surface area (Å²) in [5.74, 6) is -1.46. The molecule has 0 amide bonds. The van der Waals surface area contributed by atoms with E-state index >= 15 is 0 Å². The zero-order valence-corrected chi connectivity index (χ0v) is 10.5. The molecule has 0 unspecified atom stereocenters. The Bertz CT molecular complexity index is 625. The molecule has 0 aliphatic heterocycles. The van der Waals surface area contributed by atoms with Crippen LogP contribution >= 0.6 is 0 Å². The minimum atomic E-state index is -2.93. The number of alkyl halides is 2. The van der Waals surface area contributed by atoms with Gasteiger partial charge in [0.1, 0.15) is 5.75 Å². The molecule has 1 heterocycles. The topological polar surface area (TPSA) is 72.6 Å². The standard InChI is InChI=1S/C13H11F2NO4/c1-2-9-10(12(17)18)20-11(16-9)7-4-3-5-8(6-7)19-13(14)15/h3-6,13H,2H2,1H3,(H,17,18). The molecule has 5 nitrogen and oxygen atoms in total. The first-order valence-corrected chi connectivity index (χ1v) is 5.79. The van der Waals surface area contributed by atoms with Crippen LogP contribution in [-0.4, -0.2) is 22.7 Å². The van der Waals surface area contributed by atoms with E-state index in [0.29, 0.717) is 17.7 Å². The number of carbonyl (C=O) groups is 1. The van der Waals surface area contributed by atoms with E-state index in [9.17, 15) is 13.6 Å². The van der Waals surface area contributed by atoms with Gasteiger partial charge in [-0.25, -0.2) is 9.78 Å². The number of benzene rings is 1.